The molecule has 110 valence electrons. The van der Waals surface area contributed by atoms with Gasteiger partial charge in [0.05, 0.1) is 6.54 Å². The Morgan fingerprint density at radius 1 is 1.15 bits per heavy atom. The Kier molecular flexibility index (Phi) is 7.07. The standard InChI is InChI=1S/C15H19Cl2N2.BrH/c1-3-8-18-9-10-19(15(18)4-2)11-12-13(16)6-5-7-14(12)17;/h5-7,9-10H,3-4,8,11H2,1-2H3;1H/q+1;/p-1. The summed E-state index contributed by atoms with van der Waals surface area (Å²) in [6, 6.07) is 5.65. The molecule has 2 nitrogen and oxygen atoms in total. The van der Waals surface area contributed by atoms with Gasteiger partial charge in [0.15, 0.2) is 0 Å². The van der Waals surface area contributed by atoms with Crippen LogP contribution in [0.1, 0.15) is 31.7 Å². The predicted octanol–water partition coefficient (Wildman–Crippen LogP) is 1.11. The normalized spacial score (nSPS) is 10.4. The molecule has 0 fully saturated rings. The quantitative estimate of drug-likeness (QED) is 0.690. The number of hydrogen-bond acceptors (Lipinski definition) is 0. The summed E-state index contributed by atoms with van der Waals surface area (Å²) in [5, 5.41) is 1.45. The van der Waals surface area contributed by atoms with Crippen LogP contribution < -0.4 is 21.5 Å². The van der Waals surface area contributed by atoms with Crippen LogP contribution >= 0.6 is 23.2 Å². The maximum atomic E-state index is 6.24. The summed E-state index contributed by atoms with van der Waals surface area (Å²) in [7, 11) is 0. The van der Waals surface area contributed by atoms with Gasteiger partial charge in [0.25, 0.3) is 5.82 Å². The number of imidazole rings is 1. The number of aromatic nitrogens is 2. The van der Waals surface area contributed by atoms with Crippen molar-refractivity contribution >= 4 is 23.2 Å². The first kappa shape index (κ1) is 17.5. The molecule has 2 aromatic rings. The van der Waals surface area contributed by atoms with Crippen LogP contribution in [0.25, 0.3) is 0 Å². The molecule has 0 atom stereocenters. The second-order valence-corrected chi connectivity index (χ2v) is 5.40. The highest BCUT2D eigenvalue weighted by Crippen LogP contribution is 2.24. The lowest BCUT2D eigenvalue weighted by Crippen LogP contribution is -3.00. The van der Waals surface area contributed by atoms with E-state index in [2.05, 4.69) is 35.4 Å². The van der Waals surface area contributed by atoms with Gasteiger partial charge in [0.1, 0.15) is 18.9 Å². The van der Waals surface area contributed by atoms with E-state index in [-0.39, 0.29) is 17.0 Å². The molecule has 20 heavy (non-hydrogen) atoms. The van der Waals surface area contributed by atoms with Crippen LogP contribution in [-0.2, 0) is 19.5 Å². The van der Waals surface area contributed by atoms with Crippen LogP contribution in [0.15, 0.2) is 30.6 Å². The molecular weight excluding hydrogens is 359 g/mol. The SMILES string of the molecule is CCCn1cc[n+](Cc2c(Cl)cccc2Cl)c1CC.[Br-]. The number of benzene rings is 1. The van der Waals surface area contributed by atoms with E-state index in [0.717, 1.165) is 41.5 Å². The molecule has 0 aliphatic heterocycles. The van der Waals surface area contributed by atoms with Gasteiger partial charge >= 0.3 is 0 Å². The molecule has 0 aliphatic carbocycles. The molecule has 0 radical (unpaired) electrons. The zero-order chi connectivity index (χ0) is 13.8. The number of hydrogen-bond donors (Lipinski definition) is 0. The van der Waals surface area contributed by atoms with Crippen molar-refractivity contribution in [3.8, 4) is 0 Å². The van der Waals surface area contributed by atoms with Crippen LogP contribution in [0.5, 0.6) is 0 Å². The Morgan fingerprint density at radius 2 is 1.80 bits per heavy atom. The fourth-order valence-electron chi connectivity index (χ4n) is 2.35. The van der Waals surface area contributed by atoms with Crippen molar-refractivity contribution in [3.63, 3.8) is 0 Å². The molecule has 0 aliphatic rings. The summed E-state index contributed by atoms with van der Waals surface area (Å²) in [4.78, 5) is 0. The van der Waals surface area contributed by atoms with Gasteiger partial charge in [-0.3, -0.25) is 0 Å². The van der Waals surface area contributed by atoms with Crippen molar-refractivity contribution in [2.45, 2.75) is 39.8 Å². The van der Waals surface area contributed by atoms with E-state index in [1.165, 1.54) is 5.82 Å². The minimum absolute atomic E-state index is 0. The van der Waals surface area contributed by atoms with E-state index < -0.39 is 0 Å². The Hall–Kier alpha value is -0.510. The molecule has 0 saturated heterocycles. The summed E-state index contributed by atoms with van der Waals surface area (Å²) in [5.74, 6) is 1.30. The molecule has 5 heteroatoms. The van der Waals surface area contributed by atoms with Gasteiger partial charge in [-0.15, -0.1) is 0 Å². The van der Waals surface area contributed by atoms with E-state index in [4.69, 9.17) is 23.2 Å². The van der Waals surface area contributed by atoms with E-state index in [0.29, 0.717) is 0 Å². The van der Waals surface area contributed by atoms with E-state index in [1.54, 1.807) is 0 Å². The number of halogens is 3. The summed E-state index contributed by atoms with van der Waals surface area (Å²) >= 11 is 12.5. The lowest BCUT2D eigenvalue weighted by Gasteiger charge is -2.06. The van der Waals surface area contributed by atoms with E-state index in [9.17, 15) is 0 Å². The third-order valence-corrected chi connectivity index (χ3v) is 3.97. The Balaban J connectivity index is 0.00000200. The second kappa shape index (κ2) is 8.06. The molecule has 1 aromatic heterocycles. The van der Waals surface area contributed by atoms with Gasteiger partial charge in [-0.25, -0.2) is 9.13 Å². The van der Waals surface area contributed by atoms with Gasteiger partial charge in [-0.05, 0) is 18.6 Å². The summed E-state index contributed by atoms with van der Waals surface area (Å²) in [6.45, 7) is 6.13. The van der Waals surface area contributed by atoms with Crippen molar-refractivity contribution in [2.75, 3.05) is 0 Å². The summed E-state index contributed by atoms with van der Waals surface area (Å²) < 4.78 is 4.52. The van der Waals surface area contributed by atoms with Crippen LogP contribution in [-0.4, -0.2) is 4.57 Å². The van der Waals surface area contributed by atoms with Crippen molar-refractivity contribution in [1.29, 1.82) is 0 Å². The number of aryl methyl sites for hydroxylation is 1. The smallest absolute Gasteiger partial charge is 0.256 e. The van der Waals surface area contributed by atoms with Crippen molar-refractivity contribution in [1.82, 2.24) is 4.57 Å². The Bertz CT molecular complexity index is 547. The van der Waals surface area contributed by atoms with Gasteiger partial charge in [0, 0.05) is 22.0 Å². The molecule has 0 spiro atoms. The zero-order valence-corrected chi connectivity index (χ0v) is 14.8. The predicted molar refractivity (Wildman–Crippen MR) is 79.9 cm³/mol. The summed E-state index contributed by atoms with van der Waals surface area (Å²) in [6.07, 6.45) is 6.37. The fraction of sp³-hybridized carbons (Fsp3) is 0.400. The monoisotopic (exact) mass is 376 g/mol. The zero-order valence-electron chi connectivity index (χ0n) is 11.7. The van der Waals surface area contributed by atoms with Gasteiger partial charge in [-0.2, -0.15) is 0 Å². The maximum absolute atomic E-state index is 6.24. The molecule has 0 bridgehead atoms. The van der Waals surface area contributed by atoms with Crippen LogP contribution in [0.2, 0.25) is 10.0 Å². The molecular formula is C15H19BrCl2N2. The molecule has 0 unspecified atom stereocenters. The van der Waals surface area contributed by atoms with Crippen LogP contribution in [0.3, 0.4) is 0 Å². The molecule has 2 rings (SSSR count). The first-order valence-electron chi connectivity index (χ1n) is 6.67. The molecule has 0 N–H and O–H groups in total. The Labute approximate surface area is 141 Å². The molecule has 0 amide bonds. The largest absolute Gasteiger partial charge is 1.00 e. The number of rotatable bonds is 5. The maximum Gasteiger partial charge on any atom is 0.256 e. The van der Waals surface area contributed by atoms with Gasteiger partial charge in [-0.1, -0.05) is 43.1 Å². The lowest BCUT2D eigenvalue weighted by atomic mass is 10.2. The lowest BCUT2D eigenvalue weighted by molar-refractivity contribution is -0.695. The van der Waals surface area contributed by atoms with Crippen LogP contribution in [0.4, 0.5) is 0 Å². The average Bonchev–Trinajstić information content (AvgIpc) is 2.76. The summed E-state index contributed by atoms with van der Waals surface area (Å²) in [5.41, 5.74) is 0.986. The highest BCUT2D eigenvalue weighted by molar-refractivity contribution is 6.35. The highest BCUT2D eigenvalue weighted by atomic mass is 79.9. The Morgan fingerprint density at radius 3 is 2.35 bits per heavy atom. The molecule has 1 aromatic carbocycles. The van der Waals surface area contributed by atoms with E-state index >= 15 is 0 Å². The second-order valence-electron chi connectivity index (χ2n) is 4.59. The van der Waals surface area contributed by atoms with Crippen molar-refractivity contribution in [3.05, 3.63) is 52.0 Å². The van der Waals surface area contributed by atoms with Crippen molar-refractivity contribution in [2.24, 2.45) is 0 Å². The minimum atomic E-state index is 0. The number of nitrogens with zero attached hydrogens (tertiary/aromatic N) is 2. The minimum Gasteiger partial charge on any atom is -1.00 e. The molecule has 0 saturated carbocycles. The fourth-order valence-corrected chi connectivity index (χ4v) is 2.86. The topological polar surface area (TPSA) is 8.81 Å². The van der Waals surface area contributed by atoms with Gasteiger partial charge < -0.3 is 17.0 Å². The first-order chi connectivity index (χ1) is 9.17. The average molecular weight is 378 g/mol. The third kappa shape index (κ3) is 3.78. The van der Waals surface area contributed by atoms with Crippen LogP contribution in [0, 0.1) is 0 Å². The van der Waals surface area contributed by atoms with E-state index in [1.807, 2.05) is 18.2 Å². The molecule has 1 heterocycles. The van der Waals surface area contributed by atoms with Crippen molar-refractivity contribution < 1.29 is 21.5 Å². The third-order valence-electron chi connectivity index (χ3n) is 3.26. The highest BCUT2D eigenvalue weighted by Gasteiger charge is 2.17. The first-order valence-corrected chi connectivity index (χ1v) is 7.43. The van der Waals surface area contributed by atoms with Gasteiger partial charge in [0.2, 0.25) is 0 Å².